The van der Waals surface area contributed by atoms with Crippen molar-refractivity contribution in [3.8, 4) is 17.1 Å². The molecule has 0 spiro atoms. The highest BCUT2D eigenvalue weighted by molar-refractivity contribution is 5.98. The monoisotopic (exact) mass is 395 g/mol. The molecule has 0 bridgehead atoms. The van der Waals surface area contributed by atoms with Crippen LogP contribution in [0.15, 0.2) is 36.4 Å². The number of ether oxygens (including phenoxy) is 1. The van der Waals surface area contributed by atoms with Gasteiger partial charge >= 0.3 is 5.97 Å². The van der Waals surface area contributed by atoms with E-state index in [1.54, 1.807) is 36.4 Å². The zero-order valence-electron chi connectivity index (χ0n) is 16.0. The smallest absolute Gasteiger partial charge is 0.305 e. The Morgan fingerprint density at radius 3 is 2.62 bits per heavy atom. The van der Waals surface area contributed by atoms with Gasteiger partial charge in [-0.25, -0.2) is 4.98 Å². The van der Waals surface area contributed by atoms with Crippen LogP contribution in [-0.2, 0) is 11.8 Å². The van der Waals surface area contributed by atoms with Gasteiger partial charge < -0.3 is 25.5 Å². The molecule has 1 heterocycles. The van der Waals surface area contributed by atoms with Crippen LogP contribution in [0, 0.1) is 5.41 Å². The van der Waals surface area contributed by atoms with E-state index in [-0.39, 0.29) is 24.7 Å². The number of imidazole rings is 1. The molecule has 1 aromatic heterocycles. The standard InChI is InChI=1S/C20H21N5O4/c1-25-15-6-4-12(20(28)23-8-7-17(26)27)9-14(15)24-19(25)13-5-3-11(18(21)22)10-16(13)29-2/h3-6,9-10H,7-8H2,1-2H3,(H3,21,22)(H,23,28)(H,26,27). The molecule has 0 saturated carbocycles. The first-order chi connectivity index (χ1) is 13.8. The quantitative estimate of drug-likeness (QED) is 0.354. The molecule has 9 heteroatoms. The number of carbonyl (C=O) groups is 2. The molecule has 0 aliphatic rings. The van der Waals surface area contributed by atoms with E-state index >= 15 is 0 Å². The Kier molecular flexibility index (Phi) is 5.49. The number of nitrogens with two attached hydrogens (primary N) is 1. The van der Waals surface area contributed by atoms with E-state index in [4.69, 9.17) is 21.0 Å². The first-order valence-electron chi connectivity index (χ1n) is 8.81. The van der Waals surface area contributed by atoms with Crippen LogP contribution in [0.5, 0.6) is 5.75 Å². The summed E-state index contributed by atoms with van der Waals surface area (Å²) in [6.07, 6.45) is -0.141. The number of amides is 1. The molecule has 0 aliphatic carbocycles. The van der Waals surface area contributed by atoms with E-state index in [0.29, 0.717) is 28.2 Å². The number of nitrogen functional groups attached to an aromatic ring is 1. The van der Waals surface area contributed by atoms with Gasteiger partial charge in [0, 0.05) is 24.7 Å². The number of carboxylic acids is 1. The van der Waals surface area contributed by atoms with Gasteiger partial charge in [-0.2, -0.15) is 0 Å². The van der Waals surface area contributed by atoms with Crippen molar-refractivity contribution in [2.24, 2.45) is 12.8 Å². The van der Waals surface area contributed by atoms with Gasteiger partial charge in [-0.05, 0) is 30.3 Å². The number of aromatic nitrogens is 2. The molecule has 0 radical (unpaired) electrons. The number of nitrogens with zero attached hydrogens (tertiary/aromatic N) is 2. The number of nitrogens with one attached hydrogen (secondary N) is 2. The summed E-state index contributed by atoms with van der Waals surface area (Å²) in [5.74, 6) is -0.222. The summed E-state index contributed by atoms with van der Waals surface area (Å²) in [7, 11) is 3.39. The van der Waals surface area contributed by atoms with E-state index in [0.717, 1.165) is 11.1 Å². The summed E-state index contributed by atoms with van der Waals surface area (Å²) >= 11 is 0. The van der Waals surface area contributed by atoms with Crippen LogP contribution in [0.25, 0.3) is 22.4 Å². The van der Waals surface area contributed by atoms with Crippen molar-refractivity contribution in [2.45, 2.75) is 6.42 Å². The molecule has 0 unspecified atom stereocenters. The van der Waals surface area contributed by atoms with Crippen LogP contribution >= 0.6 is 0 Å². The minimum atomic E-state index is -0.972. The van der Waals surface area contributed by atoms with Crippen LogP contribution in [0.3, 0.4) is 0 Å². The van der Waals surface area contributed by atoms with Crippen LogP contribution in [0.4, 0.5) is 0 Å². The maximum Gasteiger partial charge on any atom is 0.305 e. The SMILES string of the molecule is COc1cc(C(=N)N)ccc1-c1nc2cc(C(=O)NCCC(=O)O)ccc2n1C. The third kappa shape index (κ3) is 4.03. The Hall–Kier alpha value is -3.88. The molecule has 0 atom stereocenters. The summed E-state index contributed by atoms with van der Waals surface area (Å²) in [6, 6.07) is 10.3. The molecule has 1 amide bonds. The van der Waals surface area contributed by atoms with Crippen LogP contribution < -0.4 is 15.8 Å². The number of aryl methyl sites for hydroxylation is 1. The maximum atomic E-state index is 12.2. The molecule has 0 saturated heterocycles. The molecule has 29 heavy (non-hydrogen) atoms. The van der Waals surface area contributed by atoms with Crippen molar-refractivity contribution in [2.75, 3.05) is 13.7 Å². The van der Waals surface area contributed by atoms with Crippen molar-refractivity contribution in [3.05, 3.63) is 47.5 Å². The average Bonchev–Trinajstić information content (AvgIpc) is 3.02. The van der Waals surface area contributed by atoms with Crippen molar-refractivity contribution >= 4 is 28.7 Å². The lowest BCUT2D eigenvalue weighted by atomic mass is 10.1. The molecule has 9 nitrogen and oxygen atoms in total. The van der Waals surface area contributed by atoms with Gasteiger partial charge in [0.25, 0.3) is 5.91 Å². The van der Waals surface area contributed by atoms with E-state index in [2.05, 4.69) is 10.3 Å². The van der Waals surface area contributed by atoms with Gasteiger partial charge in [0.1, 0.15) is 17.4 Å². The molecule has 2 aromatic carbocycles. The van der Waals surface area contributed by atoms with Gasteiger partial charge in [0.15, 0.2) is 0 Å². The number of aliphatic carboxylic acids is 1. The Morgan fingerprint density at radius 2 is 1.97 bits per heavy atom. The zero-order valence-corrected chi connectivity index (χ0v) is 16.0. The minimum Gasteiger partial charge on any atom is -0.496 e. The largest absolute Gasteiger partial charge is 0.496 e. The fraction of sp³-hybridized carbons (Fsp3) is 0.200. The van der Waals surface area contributed by atoms with Crippen LogP contribution in [0.2, 0.25) is 0 Å². The van der Waals surface area contributed by atoms with E-state index in [1.807, 2.05) is 11.6 Å². The number of amidine groups is 1. The Labute approximate surface area is 166 Å². The number of carbonyl (C=O) groups excluding carboxylic acids is 1. The van der Waals surface area contributed by atoms with Gasteiger partial charge in [-0.3, -0.25) is 15.0 Å². The number of rotatable bonds is 7. The fourth-order valence-electron chi connectivity index (χ4n) is 3.01. The molecule has 0 fully saturated rings. The number of benzene rings is 2. The second-order valence-electron chi connectivity index (χ2n) is 6.43. The molecule has 3 aromatic rings. The van der Waals surface area contributed by atoms with Gasteiger partial charge in [-0.1, -0.05) is 6.07 Å². The summed E-state index contributed by atoms with van der Waals surface area (Å²) in [5, 5.41) is 18.8. The first kappa shape index (κ1) is 19.9. The second kappa shape index (κ2) is 8.01. The Bertz CT molecular complexity index is 1120. The van der Waals surface area contributed by atoms with Crippen molar-refractivity contribution < 1.29 is 19.4 Å². The van der Waals surface area contributed by atoms with Gasteiger partial charge in [-0.15, -0.1) is 0 Å². The first-order valence-corrected chi connectivity index (χ1v) is 8.81. The third-order valence-corrected chi connectivity index (χ3v) is 4.52. The number of hydrogen-bond acceptors (Lipinski definition) is 5. The van der Waals surface area contributed by atoms with Crippen LogP contribution in [0.1, 0.15) is 22.3 Å². The number of methoxy groups -OCH3 is 1. The molecular formula is C20H21N5O4. The molecule has 150 valence electrons. The average molecular weight is 395 g/mol. The molecule has 0 aliphatic heterocycles. The lowest BCUT2D eigenvalue weighted by Crippen LogP contribution is -2.25. The van der Waals surface area contributed by atoms with E-state index in [9.17, 15) is 9.59 Å². The Morgan fingerprint density at radius 1 is 1.24 bits per heavy atom. The second-order valence-corrected chi connectivity index (χ2v) is 6.43. The molecule has 5 N–H and O–H groups in total. The predicted octanol–water partition coefficient (Wildman–Crippen LogP) is 1.74. The zero-order chi connectivity index (χ0) is 21.1. The summed E-state index contributed by atoms with van der Waals surface area (Å²) < 4.78 is 7.33. The number of hydrogen-bond donors (Lipinski definition) is 4. The highest BCUT2D eigenvalue weighted by Gasteiger charge is 2.17. The highest BCUT2D eigenvalue weighted by atomic mass is 16.5. The van der Waals surface area contributed by atoms with Gasteiger partial charge in [0.2, 0.25) is 0 Å². The van der Waals surface area contributed by atoms with Gasteiger partial charge in [0.05, 0.1) is 30.1 Å². The summed E-state index contributed by atoms with van der Waals surface area (Å²) in [5.41, 5.74) is 8.65. The predicted molar refractivity (Wildman–Crippen MR) is 108 cm³/mol. The molecular weight excluding hydrogens is 374 g/mol. The number of fused-ring (bicyclic) bond motifs is 1. The normalized spacial score (nSPS) is 10.7. The fourth-order valence-corrected chi connectivity index (χ4v) is 3.01. The summed E-state index contributed by atoms with van der Waals surface area (Å²) in [6.45, 7) is 0.0549. The molecule has 3 rings (SSSR count). The lowest BCUT2D eigenvalue weighted by molar-refractivity contribution is -0.136. The van der Waals surface area contributed by atoms with Crippen LogP contribution in [-0.4, -0.2) is 46.0 Å². The van der Waals surface area contributed by atoms with E-state index in [1.165, 1.54) is 7.11 Å². The minimum absolute atomic E-state index is 0.0549. The highest BCUT2D eigenvalue weighted by Crippen LogP contribution is 2.32. The van der Waals surface area contributed by atoms with Crippen molar-refractivity contribution in [1.82, 2.24) is 14.9 Å². The summed E-state index contributed by atoms with van der Waals surface area (Å²) in [4.78, 5) is 27.5. The Balaban J connectivity index is 1.97. The van der Waals surface area contributed by atoms with E-state index < -0.39 is 5.97 Å². The topological polar surface area (TPSA) is 143 Å². The lowest BCUT2D eigenvalue weighted by Gasteiger charge is -2.10. The third-order valence-electron chi connectivity index (χ3n) is 4.52. The van der Waals surface area contributed by atoms with Crippen molar-refractivity contribution in [3.63, 3.8) is 0 Å². The number of carboxylic acid groups (broad SMARTS) is 1. The maximum absolute atomic E-state index is 12.2. The van der Waals surface area contributed by atoms with Crippen molar-refractivity contribution in [1.29, 1.82) is 5.41 Å².